The van der Waals surface area contributed by atoms with Crippen molar-refractivity contribution in [3.8, 4) is 5.75 Å². The smallest absolute Gasteiger partial charge is 0.338 e. The Morgan fingerprint density at radius 2 is 1.95 bits per heavy atom. The van der Waals surface area contributed by atoms with E-state index in [0.717, 1.165) is 0 Å². The van der Waals surface area contributed by atoms with Gasteiger partial charge in [-0.2, -0.15) is 0 Å². The molecule has 3 N–H and O–H groups in total. The molecule has 1 aromatic rings. The lowest BCUT2D eigenvalue weighted by Crippen LogP contribution is -2.42. The van der Waals surface area contributed by atoms with Crippen molar-refractivity contribution in [1.29, 1.82) is 0 Å². The first-order valence-electron chi connectivity index (χ1n) is 6.73. The molecular weight excluding hydrogens is 272 g/mol. The van der Waals surface area contributed by atoms with Crippen molar-refractivity contribution in [1.82, 2.24) is 5.32 Å². The van der Waals surface area contributed by atoms with Crippen LogP contribution in [0.4, 0.5) is 5.69 Å². The first-order valence-corrected chi connectivity index (χ1v) is 6.73. The molecule has 0 aliphatic carbocycles. The zero-order chi connectivity index (χ0) is 16.0. The van der Waals surface area contributed by atoms with Crippen LogP contribution >= 0.6 is 0 Å². The van der Waals surface area contributed by atoms with Crippen molar-refractivity contribution >= 4 is 17.6 Å². The summed E-state index contributed by atoms with van der Waals surface area (Å²) in [5.74, 6) is -0.442. The summed E-state index contributed by atoms with van der Waals surface area (Å²) < 4.78 is 10.2. The van der Waals surface area contributed by atoms with E-state index in [4.69, 9.17) is 15.2 Å². The maximum Gasteiger partial charge on any atom is 0.338 e. The van der Waals surface area contributed by atoms with Gasteiger partial charge < -0.3 is 20.5 Å². The van der Waals surface area contributed by atoms with Crippen LogP contribution in [0.2, 0.25) is 0 Å². The third-order valence-electron chi connectivity index (χ3n) is 2.39. The van der Waals surface area contributed by atoms with E-state index in [1.165, 1.54) is 6.07 Å². The second-order valence-corrected chi connectivity index (χ2v) is 5.56. The highest BCUT2D eigenvalue weighted by molar-refractivity contribution is 5.92. The molecule has 6 heteroatoms. The molecule has 0 saturated carbocycles. The predicted octanol–water partition coefficient (Wildman–Crippen LogP) is 1.74. The van der Waals surface area contributed by atoms with Crippen LogP contribution < -0.4 is 15.8 Å². The number of hydrogen-bond donors (Lipinski definition) is 2. The summed E-state index contributed by atoms with van der Waals surface area (Å²) in [4.78, 5) is 23.4. The van der Waals surface area contributed by atoms with Gasteiger partial charge in [0, 0.05) is 5.54 Å². The molecule has 1 rings (SSSR count). The van der Waals surface area contributed by atoms with Gasteiger partial charge in [-0.1, -0.05) is 0 Å². The number of carbonyl (C=O) groups excluding carboxylic acids is 2. The first kappa shape index (κ1) is 16.8. The molecule has 116 valence electrons. The number of ether oxygens (including phenoxy) is 2. The highest BCUT2D eigenvalue weighted by Crippen LogP contribution is 2.22. The quantitative estimate of drug-likeness (QED) is 0.637. The molecule has 0 atom stereocenters. The second kappa shape index (κ2) is 6.97. The third-order valence-corrected chi connectivity index (χ3v) is 2.39. The summed E-state index contributed by atoms with van der Waals surface area (Å²) in [6.07, 6.45) is 0. The molecule has 0 unspecified atom stereocenters. The second-order valence-electron chi connectivity index (χ2n) is 5.56. The maximum atomic E-state index is 11.8. The highest BCUT2D eigenvalue weighted by atomic mass is 16.5. The summed E-state index contributed by atoms with van der Waals surface area (Å²) in [5, 5.41) is 2.70. The molecular formula is C15H22N2O4. The van der Waals surface area contributed by atoms with Crippen molar-refractivity contribution in [2.75, 3.05) is 18.9 Å². The van der Waals surface area contributed by atoms with E-state index >= 15 is 0 Å². The zero-order valence-corrected chi connectivity index (χ0v) is 12.9. The number of benzene rings is 1. The van der Waals surface area contributed by atoms with Crippen molar-refractivity contribution < 1.29 is 19.1 Å². The number of nitrogens with one attached hydrogen (secondary N) is 1. The van der Waals surface area contributed by atoms with Gasteiger partial charge in [0.2, 0.25) is 0 Å². The molecule has 6 nitrogen and oxygen atoms in total. The summed E-state index contributed by atoms with van der Waals surface area (Å²) in [5.41, 5.74) is 6.03. The van der Waals surface area contributed by atoms with Crippen LogP contribution in [0.3, 0.4) is 0 Å². The summed E-state index contributed by atoms with van der Waals surface area (Å²) >= 11 is 0. The minimum absolute atomic E-state index is 0.277. The number of rotatable bonds is 5. The van der Waals surface area contributed by atoms with Gasteiger partial charge in [-0.05, 0) is 45.9 Å². The zero-order valence-electron chi connectivity index (χ0n) is 12.9. The van der Waals surface area contributed by atoms with Gasteiger partial charge in [-0.25, -0.2) is 4.79 Å². The Morgan fingerprint density at radius 1 is 1.29 bits per heavy atom. The van der Waals surface area contributed by atoms with Crippen molar-refractivity contribution in [2.24, 2.45) is 0 Å². The normalized spacial score (nSPS) is 10.9. The molecule has 0 saturated heterocycles. The molecule has 21 heavy (non-hydrogen) atoms. The lowest BCUT2D eigenvalue weighted by molar-refractivity contribution is -0.125. The number of amides is 1. The van der Waals surface area contributed by atoms with E-state index in [2.05, 4.69) is 5.32 Å². The Morgan fingerprint density at radius 3 is 2.48 bits per heavy atom. The highest BCUT2D eigenvalue weighted by Gasteiger charge is 2.16. The first-order chi connectivity index (χ1) is 9.73. The number of carbonyl (C=O) groups is 2. The van der Waals surface area contributed by atoms with E-state index in [0.29, 0.717) is 18.0 Å². The molecule has 0 bridgehead atoms. The largest absolute Gasteiger partial charge is 0.492 e. The molecule has 0 aliphatic rings. The SMILES string of the molecule is CCOc1ccc(C(=O)OCC(=O)NC(C)(C)C)cc1N. The molecule has 0 radical (unpaired) electrons. The van der Waals surface area contributed by atoms with Crippen LogP contribution in [0, 0.1) is 0 Å². The lowest BCUT2D eigenvalue weighted by atomic mass is 10.1. The average Bonchev–Trinajstić information content (AvgIpc) is 2.36. The van der Waals surface area contributed by atoms with E-state index in [1.54, 1.807) is 12.1 Å². The van der Waals surface area contributed by atoms with Gasteiger partial charge in [0.05, 0.1) is 17.9 Å². The Hall–Kier alpha value is -2.24. The Kier molecular flexibility index (Phi) is 5.58. The van der Waals surface area contributed by atoms with Crippen LogP contribution in [-0.2, 0) is 9.53 Å². The number of nitrogens with two attached hydrogens (primary N) is 1. The van der Waals surface area contributed by atoms with Gasteiger partial charge in [0.15, 0.2) is 6.61 Å². The monoisotopic (exact) mass is 294 g/mol. The van der Waals surface area contributed by atoms with Crippen LogP contribution in [0.25, 0.3) is 0 Å². The molecule has 0 spiro atoms. The van der Waals surface area contributed by atoms with Crippen molar-refractivity contribution in [3.05, 3.63) is 23.8 Å². The Balaban J connectivity index is 2.60. The molecule has 0 heterocycles. The summed E-state index contributed by atoms with van der Waals surface area (Å²) in [6, 6.07) is 4.62. The summed E-state index contributed by atoms with van der Waals surface area (Å²) in [7, 11) is 0. The van der Waals surface area contributed by atoms with Crippen LogP contribution in [0.15, 0.2) is 18.2 Å². The van der Waals surface area contributed by atoms with Crippen molar-refractivity contribution in [2.45, 2.75) is 33.2 Å². The fourth-order valence-electron chi connectivity index (χ4n) is 1.63. The number of hydrogen-bond acceptors (Lipinski definition) is 5. The Bertz CT molecular complexity index is 521. The lowest BCUT2D eigenvalue weighted by Gasteiger charge is -2.20. The number of esters is 1. The minimum Gasteiger partial charge on any atom is -0.492 e. The molecule has 0 aromatic heterocycles. The molecule has 1 aromatic carbocycles. The minimum atomic E-state index is -0.603. The van der Waals surface area contributed by atoms with Crippen LogP contribution in [-0.4, -0.2) is 30.6 Å². The maximum absolute atomic E-state index is 11.8. The average molecular weight is 294 g/mol. The third kappa shape index (κ3) is 5.72. The summed E-state index contributed by atoms with van der Waals surface area (Å²) in [6.45, 7) is 7.54. The van der Waals surface area contributed by atoms with Gasteiger partial charge in [0.25, 0.3) is 5.91 Å². The van der Waals surface area contributed by atoms with Gasteiger partial charge >= 0.3 is 5.97 Å². The molecule has 0 aliphatic heterocycles. The standard InChI is InChI=1S/C15H22N2O4/c1-5-20-12-7-6-10(8-11(12)16)14(19)21-9-13(18)17-15(2,3)4/h6-8H,5,9,16H2,1-4H3,(H,17,18). The van der Waals surface area contributed by atoms with Gasteiger partial charge in [0.1, 0.15) is 5.75 Å². The van der Waals surface area contributed by atoms with Gasteiger partial charge in [-0.3, -0.25) is 4.79 Å². The van der Waals surface area contributed by atoms with E-state index in [-0.39, 0.29) is 23.6 Å². The van der Waals surface area contributed by atoms with E-state index < -0.39 is 5.97 Å². The van der Waals surface area contributed by atoms with Crippen LogP contribution in [0.1, 0.15) is 38.1 Å². The number of nitrogen functional groups attached to an aromatic ring is 1. The fourth-order valence-corrected chi connectivity index (χ4v) is 1.63. The van der Waals surface area contributed by atoms with Gasteiger partial charge in [-0.15, -0.1) is 0 Å². The van der Waals surface area contributed by atoms with Crippen molar-refractivity contribution in [3.63, 3.8) is 0 Å². The van der Waals surface area contributed by atoms with E-state index in [9.17, 15) is 9.59 Å². The van der Waals surface area contributed by atoms with E-state index in [1.807, 2.05) is 27.7 Å². The topological polar surface area (TPSA) is 90.6 Å². The van der Waals surface area contributed by atoms with Crippen LogP contribution in [0.5, 0.6) is 5.75 Å². The molecule has 1 amide bonds. The number of anilines is 1. The predicted molar refractivity (Wildman–Crippen MR) is 80.2 cm³/mol. The fraction of sp³-hybridized carbons (Fsp3) is 0.467. The Labute approximate surface area is 124 Å². The molecule has 0 fully saturated rings.